The molecule has 1 aliphatic rings. The van der Waals surface area contributed by atoms with Crippen LogP contribution in [0.5, 0.6) is 17.2 Å². The summed E-state index contributed by atoms with van der Waals surface area (Å²) in [5.74, 6) is -2.06. The molecule has 0 aromatic heterocycles. The molecule has 0 bridgehead atoms. The number of carboxylic acids is 1. The summed E-state index contributed by atoms with van der Waals surface area (Å²) in [6.07, 6.45) is -7.76. The van der Waals surface area contributed by atoms with E-state index >= 15 is 0 Å². The minimum Gasteiger partial charge on any atom is -0.493 e. The second-order valence-corrected chi connectivity index (χ2v) is 7.11. The Morgan fingerprint density at radius 3 is 2.06 bits per heavy atom. The van der Waals surface area contributed by atoms with Gasteiger partial charge in [0.1, 0.15) is 31.0 Å². The molecule has 3 rings (SSSR count). The zero-order valence-corrected chi connectivity index (χ0v) is 17.8. The van der Waals surface area contributed by atoms with E-state index in [0.717, 1.165) is 0 Å². The van der Waals surface area contributed by atoms with E-state index in [-0.39, 0.29) is 28.4 Å². The molecule has 4 N–H and O–H groups in total. The zero-order valence-electron chi connectivity index (χ0n) is 17.8. The van der Waals surface area contributed by atoms with Crippen molar-refractivity contribution >= 4 is 11.9 Å². The van der Waals surface area contributed by atoms with Gasteiger partial charge in [0, 0.05) is 0 Å². The van der Waals surface area contributed by atoms with Crippen LogP contribution >= 0.6 is 0 Å². The topological polar surface area (TPSA) is 161 Å². The Kier molecular flexibility index (Phi) is 7.71. The summed E-state index contributed by atoms with van der Waals surface area (Å²) in [6.45, 7) is -0.440. The van der Waals surface area contributed by atoms with Gasteiger partial charge in [-0.25, -0.2) is 9.59 Å². The molecule has 1 fully saturated rings. The smallest absolute Gasteiger partial charge is 0.338 e. The van der Waals surface area contributed by atoms with Gasteiger partial charge in [0.05, 0.1) is 25.3 Å². The third-order valence-electron chi connectivity index (χ3n) is 5.00. The number of aliphatic hydroxyl groups is 3. The van der Waals surface area contributed by atoms with Crippen molar-refractivity contribution in [1.29, 1.82) is 0 Å². The molecule has 5 unspecified atom stereocenters. The van der Waals surface area contributed by atoms with E-state index in [0.29, 0.717) is 0 Å². The van der Waals surface area contributed by atoms with E-state index < -0.39 is 49.3 Å². The van der Waals surface area contributed by atoms with E-state index in [4.69, 9.17) is 23.7 Å². The number of hydrogen-bond acceptors (Lipinski definition) is 10. The fraction of sp³-hybridized carbons (Fsp3) is 0.364. The number of hydrogen-bond donors (Lipinski definition) is 4. The number of carbonyl (C=O) groups excluding carboxylic acids is 1. The molecule has 1 heterocycles. The highest BCUT2D eigenvalue weighted by Gasteiger charge is 2.46. The van der Waals surface area contributed by atoms with Gasteiger partial charge >= 0.3 is 11.9 Å². The van der Waals surface area contributed by atoms with E-state index in [9.17, 15) is 30.0 Å². The molecule has 1 aliphatic heterocycles. The molecule has 0 radical (unpaired) electrons. The maximum absolute atomic E-state index is 12.2. The van der Waals surface area contributed by atoms with Crippen LogP contribution in [-0.2, 0) is 9.47 Å². The summed E-state index contributed by atoms with van der Waals surface area (Å²) in [5, 5.41) is 40.2. The second kappa shape index (κ2) is 10.5. The standard InChI is InChI=1S/C22H24O11/c1-29-13-8-12(20(26)27)9-14(30-2)19(13)33-22-18(25)17(24)16(23)15(32-22)10-31-21(28)11-6-4-3-5-7-11/h3-9,15-18,22-25H,10H2,1-2H3,(H,26,27). The van der Waals surface area contributed by atoms with Crippen LogP contribution in [0.2, 0.25) is 0 Å². The van der Waals surface area contributed by atoms with E-state index in [2.05, 4.69) is 0 Å². The minimum absolute atomic E-state index is 0.0322. The first-order valence-electron chi connectivity index (χ1n) is 9.84. The van der Waals surface area contributed by atoms with Crippen LogP contribution in [0.15, 0.2) is 42.5 Å². The fourth-order valence-electron chi connectivity index (χ4n) is 3.20. The van der Waals surface area contributed by atoms with Gasteiger partial charge < -0.3 is 44.1 Å². The third-order valence-corrected chi connectivity index (χ3v) is 5.00. The number of carboxylic acid groups (broad SMARTS) is 1. The van der Waals surface area contributed by atoms with E-state index in [1.54, 1.807) is 30.3 Å². The molecule has 0 aliphatic carbocycles. The van der Waals surface area contributed by atoms with Gasteiger partial charge in [-0.2, -0.15) is 0 Å². The number of ether oxygens (including phenoxy) is 5. The molecule has 1 saturated heterocycles. The number of aromatic carboxylic acids is 1. The Hall–Kier alpha value is -3.38. The second-order valence-electron chi connectivity index (χ2n) is 7.11. The van der Waals surface area contributed by atoms with Crippen LogP contribution in [0.4, 0.5) is 0 Å². The zero-order chi connectivity index (χ0) is 24.1. The number of rotatable bonds is 8. The first kappa shape index (κ1) is 24.3. The van der Waals surface area contributed by atoms with Crippen LogP contribution in [0.1, 0.15) is 20.7 Å². The summed E-state index contributed by atoms with van der Waals surface area (Å²) >= 11 is 0. The molecule has 2 aromatic rings. The SMILES string of the molecule is COc1cc(C(=O)O)cc(OC)c1OC1OC(COC(=O)c2ccccc2)C(O)C(O)C1O. The van der Waals surface area contributed by atoms with E-state index in [1.807, 2.05) is 0 Å². The lowest BCUT2D eigenvalue weighted by Crippen LogP contribution is -2.60. The van der Waals surface area contributed by atoms with Gasteiger partial charge in [-0.05, 0) is 24.3 Å². The molecule has 178 valence electrons. The summed E-state index contributed by atoms with van der Waals surface area (Å²) < 4.78 is 26.7. The lowest BCUT2D eigenvalue weighted by atomic mass is 9.99. The van der Waals surface area contributed by atoms with Crippen molar-refractivity contribution in [3.63, 3.8) is 0 Å². The third kappa shape index (κ3) is 5.34. The molecule has 2 aromatic carbocycles. The Morgan fingerprint density at radius 2 is 1.52 bits per heavy atom. The Morgan fingerprint density at radius 1 is 0.909 bits per heavy atom. The average molecular weight is 464 g/mol. The summed E-state index contributed by atoms with van der Waals surface area (Å²) in [7, 11) is 2.55. The Bertz CT molecular complexity index is 953. The maximum atomic E-state index is 12.2. The summed E-state index contributed by atoms with van der Waals surface area (Å²) in [5.41, 5.74) is 0.145. The fourth-order valence-corrected chi connectivity index (χ4v) is 3.20. The average Bonchev–Trinajstić information content (AvgIpc) is 2.83. The lowest BCUT2D eigenvalue weighted by Gasteiger charge is -2.40. The van der Waals surface area contributed by atoms with Gasteiger partial charge in [-0.15, -0.1) is 0 Å². The molecular formula is C22H24O11. The molecule has 11 nitrogen and oxygen atoms in total. The summed E-state index contributed by atoms with van der Waals surface area (Å²) in [4.78, 5) is 23.5. The normalized spacial score (nSPS) is 24.6. The number of aliphatic hydroxyl groups excluding tert-OH is 3. The lowest BCUT2D eigenvalue weighted by molar-refractivity contribution is -0.277. The number of carbonyl (C=O) groups is 2. The first-order chi connectivity index (χ1) is 15.8. The van der Waals surface area contributed by atoms with Crippen molar-refractivity contribution in [3.05, 3.63) is 53.6 Å². The highest BCUT2D eigenvalue weighted by Crippen LogP contribution is 2.40. The molecule has 5 atom stereocenters. The Balaban J connectivity index is 1.79. The largest absolute Gasteiger partial charge is 0.493 e. The van der Waals surface area contributed by atoms with Crippen LogP contribution in [-0.4, -0.2) is 83.9 Å². The van der Waals surface area contributed by atoms with Crippen molar-refractivity contribution in [2.45, 2.75) is 30.7 Å². The van der Waals surface area contributed by atoms with Gasteiger partial charge in [-0.1, -0.05) is 18.2 Å². The van der Waals surface area contributed by atoms with Gasteiger partial charge in [0.25, 0.3) is 0 Å². The number of benzene rings is 2. The van der Waals surface area contributed by atoms with Gasteiger partial charge in [-0.3, -0.25) is 0 Å². The van der Waals surface area contributed by atoms with Crippen LogP contribution < -0.4 is 14.2 Å². The predicted octanol–water partition coefficient (Wildman–Crippen LogP) is 0.445. The quantitative estimate of drug-likeness (QED) is 0.401. The molecule has 11 heteroatoms. The monoisotopic (exact) mass is 464 g/mol. The first-order valence-corrected chi connectivity index (χ1v) is 9.84. The molecule has 0 spiro atoms. The highest BCUT2D eigenvalue weighted by molar-refractivity contribution is 5.90. The number of esters is 1. The summed E-state index contributed by atoms with van der Waals surface area (Å²) in [6, 6.07) is 10.5. The van der Waals surface area contributed by atoms with E-state index in [1.165, 1.54) is 26.4 Å². The van der Waals surface area contributed by atoms with Gasteiger partial charge in [0.15, 0.2) is 11.5 Å². The molecule has 33 heavy (non-hydrogen) atoms. The van der Waals surface area contributed by atoms with Crippen molar-refractivity contribution < 1.29 is 53.7 Å². The van der Waals surface area contributed by atoms with Gasteiger partial charge in [0.2, 0.25) is 12.0 Å². The Labute approximate surface area is 188 Å². The van der Waals surface area contributed by atoms with Crippen molar-refractivity contribution in [1.82, 2.24) is 0 Å². The van der Waals surface area contributed by atoms with Crippen molar-refractivity contribution in [2.75, 3.05) is 20.8 Å². The van der Waals surface area contributed by atoms with Crippen LogP contribution in [0.3, 0.4) is 0 Å². The molecule has 0 amide bonds. The van der Waals surface area contributed by atoms with Crippen LogP contribution in [0.25, 0.3) is 0 Å². The number of methoxy groups -OCH3 is 2. The van der Waals surface area contributed by atoms with Crippen LogP contribution in [0, 0.1) is 0 Å². The predicted molar refractivity (Wildman–Crippen MR) is 111 cm³/mol. The minimum atomic E-state index is -1.70. The maximum Gasteiger partial charge on any atom is 0.338 e. The highest BCUT2D eigenvalue weighted by atomic mass is 16.7. The van der Waals surface area contributed by atoms with Crippen molar-refractivity contribution in [3.8, 4) is 17.2 Å². The molecule has 0 saturated carbocycles. The molecular weight excluding hydrogens is 440 g/mol. The van der Waals surface area contributed by atoms with Crippen molar-refractivity contribution in [2.24, 2.45) is 0 Å².